The van der Waals surface area contributed by atoms with Gasteiger partial charge in [-0.1, -0.05) is 5.16 Å². The molecular formula is C8H12N2O3S. The maximum atomic E-state index is 9.60. The van der Waals surface area contributed by atoms with Crippen LogP contribution >= 0.6 is 11.8 Å². The van der Waals surface area contributed by atoms with E-state index in [1.807, 2.05) is 0 Å². The van der Waals surface area contributed by atoms with E-state index < -0.39 is 0 Å². The van der Waals surface area contributed by atoms with Gasteiger partial charge < -0.3 is 14.4 Å². The molecule has 1 aromatic heterocycles. The summed E-state index contributed by atoms with van der Waals surface area (Å²) in [6.45, 7) is 0.347. The molecule has 5 nitrogen and oxygen atoms in total. The maximum Gasteiger partial charge on any atom is 0.233 e. The van der Waals surface area contributed by atoms with Gasteiger partial charge in [0.25, 0.3) is 0 Å². The molecule has 1 aliphatic rings. The van der Waals surface area contributed by atoms with E-state index in [9.17, 15) is 5.11 Å². The van der Waals surface area contributed by atoms with Gasteiger partial charge in [-0.2, -0.15) is 16.7 Å². The van der Waals surface area contributed by atoms with E-state index >= 15 is 0 Å². The van der Waals surface area contributed by atoms with Crippen LogP contribution in [-0.4, -0.2) is 40.0 Å². The summed E-state index contributed by atoms with van der Waals surface area (Å²) >= 11 is 1.70. The number of ether oxygens (including phenoxy) is 1. The number of aromatic nitrogens is 2. The van der Waals surface area contributed by atoms with Gasteiger partial charge in [0, 0.05) is 18.6 Å². The predicted molar refractivity (Wildman–Crippen MR) is 51.1 cm³/mol. The first-order valence-electron chi connectivity index (χ1n) is 4.38. The van der Waals surface area contributed by atoms with Crippen LogP contribution in [0.2, 0.25) is 0 Å². The SMILES string of the molecule is COCc1noc(C2CSCC2O)n1. The predicted octanol–water partition coefficient (Wildman–Crippen LogP) is 0.407. The molecule has 0 spiro atoms. The van der Waals surface area contributed by atoms with E-state index in [2.05, 4.69) is 10.1 Å². The summed E-state index contributed by atoms with van der Waals surface area (Å²) in [5, 5.41) is 13.4. The van der Waals surface area contributed by atoms with Crippen molar-refractivity contribution in [3.8, 4) is 0 Å². The standard InChI is InChI=1S/C8H12N2O3S/c1-12-2-7-9-8(13-10-7)5-3-14-4-6(5)11/h5-6,11H,2-4H2,1H3. The number of aliphatic hydroxyl groups excluding tert-OH is 1. The van der Waals surface area contributed by atoms with Crippen molar-refractivity contribution in [2.75, 3.05) is 18.6 Å². The summed E-state index contributed by atoms with van der Waals surface area (Å²) in [5.41, 5.74) is 0. The number of nitrogens with zero attached hydrogens (tertiary/aromatic N) is 2. The van der Waals surface area contributed by atoms with Crippen LogP contribution in [0.25, 0.3) is 0 Å². The molecule has 2 atom stereocenters. The van der Waals surface area contributed by atoms with Crippen molar-refractivity contribution >= 4 is 11.8 Å². The monoisotopic (exact) mass is 216 g/mol. The zero-order valence-corrected chi connectivity index (χ0v) is 8.66. The topological polar surface area (TPSA) is 68.4 Å². The summed E-state index contributed by atoms with van der Waals surface area (Å²) < 4.78 is 9.94. The lowest BCUT2D eigenvalue weighted by atomic mass is 10.1. The Labute approximate surface area is 85.8 Å². The molecule has 0 saturated carbocycles. The van der Waals surface area contributed by atoms with Crippen molar-refractivity contribution in [1.29, 1.82) is 0 Å². The van der Waals surface area contributed by atoms with E-state index in [0.29, 0.717) is 18.3 Å². The molecule has 1 aliphatic heterocycles. The van der Waals surface area contributed by atoms with Gasteiger partial charge in [0.05, 0.1) is 12.0 Å². The van der Waals surface area contributed by atoms with Gasteiger partial charge in [-0.25, -0.2) is 0 Å². The highest BCUT2D eigenvalue weighted by molar-refractivity contribution is 7.99. The molecule has 2 unspecified atom stereocenters. The third-order valence-corrected chi connectivity index (χ3v) is 3.30. The molecule has 2 heterocycles. The largest absolute Gasteiger partial charge is 0.391 e. The number of methoxy groups -OCH3 is 1. The van der Waals surface area contributed by atoms with Crippen LogP contribution in [0.1, 0.15) is 17.6 Å². The van der Waals surface area contributed by atoms with E-state index in [-0.39, 0.29) is 12.0 Å². The summed E-state index contributed by atoms with van der Waals surface area (Å²) in [5.74, 6) is 2.63. The highest BCUT2D eigenvalue weighted by Gasteiger charge is 2.31. The minimum Gasteiger partial charge on any atom is -0.391 e. The summed E-state index contributed by atoms with van der Waals surface area (Å²) in [6.07, 6.45) is -0.365. The number of hydrogen-bond donors (Lipinski definition) is 1. The number of thioether (sulfide) groups is 1. The third-order valence-electron chi connectivity index (χ3n) is 2.12. The highest BCUT2D eigenvalue weighted by atomic mass is 32.2. The molecule has 0 amide bonds. The molecule has 0 aliphatic carbocycles. The minimum atomic E-state index is -0.365. The molecule has 1 N–H and O–H groups in total. The quantitative estimate of drug-likeness (QED) is 0.789. The maximum absolute atomic E-state index is 9.60. The van der Waals surface area contributed by atoms with E-state index in [0.717, 1.165) is 11.5 Å². The van der Waals surface area contributed by atoms with Crippen molar-refractivity contribution in [1.82, 2.24) is 10.1 Å². The molecule has 6 heteroatoms. The number of rotatable bonds is 3. The molecule has 1 fully saturated rings. The van der Waals surface area contributed by atoms with Crippen molar-refractivity contribution in [3.63, 3.8) is 0 Å². The van der Waals surface area contributed by atoms with Crippen LogP contribution in [0.4, 0.5) is 0 Å². The minimum absolute atomic E-state index is 0.0156. The molecule has 78 valence electrons. The highest BCUT2D eigenvalue weighted by Crippen LogP contribution is 2.31. The zero-order chi connectivity index (χ0) is 9.97. The fourth-order valence-corrected chi connectivity index (χ4v) is 2.61. The third kappa shape index (κ3) is 1.92. The van der Waals surface area contributed by atoms with Crippen LogP contribution in [0.5, 0.6) is 0 Å². The normalized spacial score (nSPS) is 27.0. The first kappa shape index (κ1) is 9.95. The molecule has 1 aromatic rings. The summed E-state index contributed by atoms with van der Waals surface area (Å²) in [7, 11) is 1.58. The van der Waals surface area contributed by atoms with Crippen molar-refractivity contribution in [3.05, 3.63) is 11.7 Å². The molecule has 2 rings (SSSR count). The van der Waals surface area contributed by atoms with Crippen LogP contribution in [0, 0.1) is 0 Å². The summed E-state index contributed by atoms with van der Waals surface area (Å²) in [4.78, 5) is 4.16. The molecule has 0 aromatic carbocycles. The zero-order valence-electron chi connectivity index (χ0n) is 7.84. The molecule has 14 heavy (non-hydrogen) atoms. The van der Waals surface area contributed by atoms with Crippen LogP contribution in [0.15, 0.2) is 4.52 Å². The van der Waals surface area contributed by atoms with Gasteiger partial charge in [0.1, 0.15) is 6.61 Å². The van der Waals surface area contributed by atoms with Crippen molar-refractivity contribution < 1.29 is 14.4 Å². The van der Waals surface area contributed by atoms with Crippen LogP contribution in [-0.2, 0) is 11.3 Å². The Morgan fingerprint density at radius 2 is 2.50 bits per heavy atom. The smallest absolute Gasteiger partial charge is 0.233 e. The Morgan fingerprint density at radius 3 is 3.14 bits per heavy atom. The number of hydrogen-bond acceptors (Lipinski definition) is 6. The lowest BCUT2D eigenvalue weighted by Gasteiger charge is -2.06. The summed E-state index contributed by atoms with van der Waals surface area (Å²) in [6, 6.07) is 0. The fraction of sp³-hybridized carbons (Fsp3) is 0.750. The Balaban J connectivity index is 2.08. The molecular weight excluding hydrogens is 204 g/mol. The Morgan fingerprint density at radius 1 is 1.64 bits per heavy atom. The lowest BCUT2D eigenvalue weighted by Crippen LogP contribution is -2.15. The van der Waals surface area contributed by atoms with Crippen molar-refractivity contribution in [2.24, 2.45) is 0 Å². The van der Waals surface area contributed by atoms with Gasteiger partial charge in [0.15, 0.2) is 5.82 Å². The first-order chi connectivity index (χ1) is 6.81. The van der Waals surface area contributed by atoms with Gasteiger partial charge in [-0.15, -0.1) is 0 Å². The van der Waals surface area contributed by atoms with E-state index in [1.54, 1.807) is 18.9 Å². The van der Waals surface area contributed by atoms with E-state index in [4.69, 9.17) is 9.26 Å². The molecule has 0 bridgehead atoms. The van der Waals surface area contributed by atoms with Gasteiger partial charge >= 0.3 is 0 Å². The second-order valence-electron chi connectivity index (χ2n) is 3.19. The Hall–Kier alpha value is -0.590. The Kier molecular flexibility index (Phi) is 3.05. The molecule has 0 radical (unpaired) electrons. The first-order valence-corrected chi connectivity index (χ1v) is 5.54. The fourth-order valence-electron chi connectivity index (χ4n) is 1.38. The van der Waals surface area contributed by atoms with Crippen LogP contribution in [0.3, 0.4) is 0 Å². The van der Waals surface area contributed by atoms with Crippen LogP contribution < -0.4 is 0 Å². The van der Waals surface area contributed by atoms with Crippen molar-refractivity contribution in [2.45, 2.75) is 18.6 Å². The number of aliphatic hydroxyl groups is 1. The van der Waals surface area contributed by atoms with Gasteiger partial charge in [0.2, 0.25) is 5.89 Å². The second-order valence-corrected chi connectivity index (χ2v) is 4.27. The average Bonchev–Trinajstić information content (AvgIpc) is 2.74. The lowest BCUT2D eigenvalue weighted by molar-refractivity contribution is 0.163. The Bertz CT molecular complexity index is 305. The van der Waals surface area contributed by atoms with Gasteiger partial charge in [-0.05, 0) is 0 Å². The van der Waals surface area contributed by atoms with E-state index in [1.165, 1.54) is 0 Å². The second kappa shape index (κ2) is 4.29. The van der Waals surface area contributed by atoms with Gasteiger partial charge in [-0.3, -0.25) is 0 Å². The molecule has 1 saturated heterocycles. The average molecular weight is 216 g/mol.